The van der Waals surface area contributed by atoms with Crippen LogP contribution in [-0.2, 0) is 9.63 Å². The first-order valence-electron chi connectivity index (χ1n) is 7.23. The zero-order valence-electron chi connectivity index (χ0n) is 13.2. The first-order chi connectivity index (χ1) is 9.91. The van der Waals surface area contributed by atoms with E-state index >= 15 is 0 Å². The smallest absolute Gasteiger partial charge is 0.267 e. The van der Waals surface area contributed by atoms with Crippen molar-refractivity contribution in [1.29, 1.82) is 0 Å². The molecule has 1 aromatic carbocycles. The van der Waals surface area contributed by atoms with E-state index in [1.165, 1.54) is 0 Å². The Morgan fingerprint density at radius 3 is 2.38 bits per heavy atom. The molecule has 5 heteroatoms. The molecule has 0 atom stereocenters. The van der Waals surface area contributed by atoms with E-state index in [1.54, 1.807) is 4.90 Å². The molecule has 2 N–H and O–H groups in total. The van der Waals surface area contributed by atoms with Crippen LogP contribution in [0.4, 0.5) is 5.69 Å². The van der Waals surface area contributed by atoms with Crippen molar-refractivity contribution in [3.05, 3.63) is 30.3 Å². The minimum Gasteiger partial charge on any atom is -0.384 e. The van der Waals surface area contributed by atoms with Crippen molar-refractivity contribution in [1.82, 2.24) is 0 Å². The average molecular weight is 291 g/mol. The van der Waals surface area contributed by atoms with Gasteiger partial charge in [-0.25, -0.2) is 0 Å². The lowest BCUT2D eigenvalue weighted by molar-refractivity contribution is -0.123. The maximum atomic E-state index is 12.3. The molecule has 0 bridgehead atoms. The molecule has 0 radical (unpaired) electrons. The van der Waals surface area contributed by atoms with Crippen LogP contribution in [0.3, 0.4) is 0 Å². The second kappa shape index (κ2) is 8.29. The highest BCUT2D eigenvalue weighted by molar-refractivity contribution is 5.94. The molecule has 0 fully saturated rings. The van der Waals surface area contributed by atoms with Gasteiger partial charge in [0, 0.05) is 18.2 Å². The summed E-state index contributed by atoms with van der Waals surface area (Å²) in [5, 5.41) is 3.79. The number of nitrogens with two attached hydrogens (primary N) is 1. The van der Waals surface area contributed by atoms with Gasteiger partial charge in [-0.15, -0.1) is 0 Å². The number of oxime groups is 1. The molecule has 0 spiro atoms. The Balaban J connectivity index is 2.63. The van der Waals surface area contributed by atoms with Crippen LogP contribution < -0.4 is 10.6 Å². The molecule has 0 aliphatic carbocycles. The standard InChI is InChI=1S/C16H25N3O2/c1-12(2)10-15(17)18-21-11-16(20)19(13(3)4)14-8-6-5-7-9-14/h5-9,12-13H,10-11H2,1-4H3,(H2,17,18). The number of amides is 1. The van der Waals surface area contributed by atoms with Crippen LogP contribution in [0.15, 0.2) is 35.5 Å². The van der Waals surface area contributed by atoms with Crippen molar-refractivity contribution in [2.75, 3.05) is 11.5 Å². The topological polar surface area (TPSA) is 67.9 Å². The van der Waals surface area contributed by atoms with Crippen LogP contribution in [0, 0.1) is 5.92 Å². The number of rotatable bonds is 7. The molecule has 0 saturated carbocycles. The summed E-state index contributed by atoms with van der Waals surface area (Å²) in [7, 11) is 0. The monoisotopic (exact) mass is 291 g/mol. The molecule has 5 nitrogen and oxygen atoms in total. The van der Waals surface area contributed by atoms with Crippen LogP contribution in [0.5, 0.6) is 0 Å². The molecule has 0 aliphatic heterocycles. The number of carbonyl (C=O) groups is 1. The largest absolute Gasteiger partial charge is 0.384 e. The molecule has 0 unspecified atom stereocenters. The number of hydrogen-bond acceptors (Lipinski definition) is 3. The summed E-state index contributed by atoms with van der Waals surface area (Å²) in [4.78, 5) is 19.1. The molecular weight excluding hydrogens is 266 g/mol. The number of amidine groups is 1. The van der Waals surface area contributed by atoms with Gasteiger partial charge >= 0.3 is 0 Å². The van der Waals surface area contributed by atoms with Gasteiger partial charge in [0.1, 0.15) is 5.84 Å². The van der Waals surface area contributed by atoms with E-state index in [0.29, 0.717) is 18.2 Å². The SMILES string of the molecule is CC(C)CC(N)=NOCC(=O)N(c1ccccc1)C(C)C. The lowest BCUT2D eigenvalue weighted by Gasteiger charge is -2.26. The van der Waals surface area contributed by atoms with Crippen LogP contribution >= 0.6 is 0 Å². The van der Waals surface area contributed by atoms with Crippen molar-refractivity contribution in [2.45, 2.75) is 40.2 Å². The first kappa shape index (κ1) is 17.0. The Kier molecular flexibility index (Phi) is 6.72. The molecule has 1 aromatic rings. The fourth-order valence-corrected chi connectivity index (χ4v) is 2.01. The number of nitrogens with zero attached hydrogens (tertiary/aromatic N) is 2. The van der Waals surface area contributed by atoms with Crippen molar-refractivity contribution in [3.63, 3.8) is 0 Å². The second-order valence-electron chi connectivity index (χ2n) is 5.65. The van der Waals surface area contributed by atoms with Gasteiger partial charge in [0.25, 0.3) is 5.91 Å². The summed E-state index contributed by atoms with van der Waals surface area (Å²) in [6.45, 7) is 7.89. The van der Waals surface area contributed by atoms with Gasteiger partial charge in [-0.1, -0.05) is 37.2 Å². The molecule has 0 aliphatic rings. The number of hydrogen-bond donors (Lipinski definition) is 1. The normalized spacial score (nSPS) is 11.8. The highest BCUT2D eigenvalue weighted by atomic mass is 16.6. The number of anilines is 1. The predicted octanol–water partition coefficient (Wildman–Crippen LogP) is 2.76. The summed E-state index contributed by atoms with van der Waals surface area (Å²) < 4.78 is 0. The molecule has 0 heterocycles. The zero-order chi connectivity index (χ0) is 15.8. The van der Waals surface area contributed by atoms with Crippen LogP contribution in [-0.4, -0.2) is 24.4 Å². The van der Waals surface area contributed by atoms with Crippen LogP contribution in [0.2, 0.25) is 0 Å². The van der Waals surface area contributed by atoms with Crippen molar-refractivity contribution in [2.24, 2.45) is 16.8 Å². The number of carbonyl (C=O) groups excluding carboxylic acids is 1. The Hall–Kier alpha value is -2.04. The molecule has 116 valence electrons. The van der Waals surface area contributed by atoms with Crippen molar-refractivity contribution >= 4 is 17.4 Å². The minimum atomic E-state index is -0.141. The van der Waals surface area contributed by atoms with E-state index < -0.39 is 0 Å². The first-order valence-corrected chi connectivity index (χ1v) is 7.23. The van der Waals surface area contributed by atoms with Gasteiger partial charge in [-0.05, 0) is 31.9 Å². The maximum absolute atomic E-state index is 12.3. The third kappa shape index (κ3) is 5.85. The lowest BCUT2D eigenvalue weighted by Crippen LogP contribution is -2.39. The summed E-state index contributed by atoms with van der Waals surface area (Å²) in [5.74, 6) is 0.676. The highest BCUT2D eigenvalue weighted by Gasteiger charge is 2.19. The van der Waals surface area contributed by atoms with Gasteiger partial charge < -0.3 is 15.5 Å². The van der Waals surface area contributed by atoms with E-state index in [1.807, 2.05) is 58.0 Å². The van der Waals surface area contributed by atoms with Gasteiger partial charge in [-0.3, -0.25) is 4.79 Å². The van der Waals surface area contributed by atoms with Crippen LogP contribution in [0.1, 0.15) is 34.1 Å². The summed E-state index contributed by atoms with van der Waals surface area (Å²) in [6.07, 6.45) is 0.654. The van der Waals surface area contributed by atoms with Crippen LogP contribution in [0.25, 0.3) is 0 Å². The minimum absolute atomic E-state index is 0.0421. The fraction of sp³-hybridized carbons (Fsp3) is 0.500. The Morgan fingerprint density at radius 2 is 1.86 bits per heavy atom. The van der Waals surface area contributed by atoms with Crippen molar-refractivity contribution < 1.29 is 9.63 Å². The summed E-state index contributed by atoms with van der Waals surface area (Å²) in [5.41, 5.74) is 6.56. The highest BCUT2D eigenvalue weighted by Crippen LogP contribution is 2.16. The molecule has 0 saturated heterocycles. The third-order valence-electron chi connectivity index (χ3n) is 2.81. The molecule has 21 heavy (non-hydrogen) atoms. The Morgan fingerprint density at radius 1 is 1.24 bits per heavy atom. The lowest BCUT2D eigenvalue weighted by atomic mass is 10.1. The molecule has 1 amide bonds. The van der Waals surface area contributed by atoms with E-state index in [-0.39, 0.29) is 18.6 Å². The van der Waals surface area contributed by atoms with E-state index in [0.717, 1.165) is 5.69 Å². The molecule has 0 aromatic heterocycles. The Labute approximate surface area is 126 Å². The number of para-hydroxylation sites is 1. The van der Waals surface area contributed by atoms with Crippen molar-refractivity contribution in [3.8, 4) is 0 Å². The number of benzene rings is 1. The zero-order valence-corrected chi connectivity index (χ0v) is 13.2. The Bertz CT molecular complexity index is 470. The van der Waals surface area contributed by atoms with E-state index in [4.69, 9.17) is 10.6 Å². The second-order valence-corrected chi connectivity index (χ2v) is 5.65. The fourth-order valence-electron chi connectivity index (χ4n) is 2.01. The maximum Gasteiger partial charge on any atom is 0.267 e. The summed E-state index contributed by atoms with van der Waals surface area (Å²) in [6, 6.07) is 9.55. The van der Waals surface area contributed by atoms with Gasteiger partial charge in [0.2, 0.25) is 0 Å². The van der Waals surface area contributed by atoms with Gasteiger partial charge in [-0.2, -0.15) is 0 Å². The average Bonchev–Trinajstić information content (AvgIpc) is 2.38. The predicted molar refractivity (Wildman–Crippen MR) is 86.1 cm³/mol. The third-order valence-corrected chi connectivity index (χ3v) is 2.81. The molecule has 1 rings (SSSR count). The summed E-state index contributed by atoms with van der Waals surface area (Å²) >= 11 is 0. The quantitative estimate of drug-likeness (QED) is 0.477. The van der Waals surface area contributed by atoms with Gasteiger partial charge in [0.15, 0.2) is 6.61 Å². The van der Waals surface area contributed by atoms with E-state index in [2.05, 4.69) is 5.16 Å². The molecular formula is C16H25N3O2. The van der Waals surface area contributed by atoms with Gasteiger partial charge in [0.05, 0.1) is 0 Å². The van der Waals surface area contributed by atoms with E-state index in [9.17, 15) is 4.79 Å².